The lowest BCUT2D eigenvalue weighted by Gasteiger charge is -2.53. The fraction of sp³-hybridized carbons (Fsp3) is 0.385. The Balaban J connectivity index is 1.13. The van der Waals surface area contributed by atoms with Crippen LogP contribution in [0.15, 0.2) is 43.2 Å². The lowest BCUT2D eigenvalue weighted by Crippen LogP contribution is -2.73. The summed E-state index contributed by atoms with van der Waals surface area (Å²) < 4.78 is 2.03. The van der Waals surface area contributed by atoms with E-state index in [0.29, 0.717) is 13.9 Å². The maximum Gasteiger partial charge on any atom is 0.316 e. The summed E-state index contributed by atoms with van der Waals surface area (Å²) in [7, 11) is 0. The van der Waals surface area contributed by atoms with Gasteiger partial charge in [0.15, 0.2) is 16.3 Å². The third-order valence-electron chi connectivity index (χ3n) is 7.34. The van der Waals surface area contributed by atoms with Crippen molar-refractivity contribution < 1.29 is 24.3 Å². The molecule has 0 radical (unpaired) electrons. The molecule has 43 heavy (non-hydrogen) atoms. The summed E-state index contributed by atoms with van der Waals surface area (Å²) in [6.45, 7) is -0.0492. The van der Waals surface area contributed by atoms with Gasteiger partial charge in [-0.05, 0) is 37.2 Å². The van der Waals surface area contributed by atoms with E-state index in [1.54, 1.807) is 22.9 Å². The van der Waals surface area contributed by atoms with Crippen molar-refractivity contribution in [1.29, 1.82) is 0 Å². The van der Waals surface area contributed by atoms with Crippen LogP contribution >= 0.6 is 69.1 Å². The molecule has 0 aromatic carbocycles. The van der Waals surface area contributed by atoms with E-state index in [1.165, 1.54) is 57.2 Å². The van der Waals surface area contributed by atoms with E-state index in [9.17, 15) is 24.3 Å². The number of thiazole rings is 1. The largest absolute Gasteiger partial charge is 0.481 e. The Hall–Kier alpha value is -2.63. The lowest BCUT2D eigenvalue weighted by atomic mass is 9.87. The van der Waals surface area contributed by atoms with Gasteiger partial charge in [-0.25, -0.2) is 4.98 Å². The van der Waals surface area contributed by atoms with Crippen LogP contribution in [-0.4, -0.2) is 68.3 Å². The number of aliphatic carboxylic acids is 1. The van der Waals surface area contributed by atoms with E-state index in [-0.39, 0.29) is 46.3 Å². The molecule has 2 aliphatic heterocycles. The number of oxime groups is 1. The van der Waals surface area contributed by atoms with Gasteiger partial charge < -0.3 is 25.9 Å². The minimum Gasteiger partial charge on any atom is -0.481 e. The fourth-order valence-electron chi connectivity index (χ4n) is 5.02. The summed E-state index contributed by atoms with van der Waals surface area (Å²) in [5, 5.41) is 20.7. The van der Waals surface area contributed by atoms with Crippen molar-refractivity contribution in [3.05, 3.63) is 49.3 Å². The second-order valence-corrected chi connectivity index (χ2v) is 16.4. The highest BCUT2D eigenvalue weighted by atomic mass is 35.5. The Kier molecular flexibility index (Phi) is 8.77. The first-order valence-corrected chi connectivity index (χ1v) is 17.9. The van der Waals surface area contributed by atoms with E-state index in [0.717, 1.165) is 41.0 Å². The number of thiophene rings is 1. The molecule has 4 N–H and O–H groups in total. The minimum atomic E-state index is -1.33. The van der Waals surface area contributed by atoms with Crippen LogP contribution in [0, 0.1) is 5.41 Å². The topological polar surface area (TPSA) is 164 Å². The zero-order valence-electron chi connectivity index (χ0n) is 22.2. The van der Waals surface area contributed by atoms with Crippen molar-refractivity contribution in [1.82, 2.24) is 15.2 Å². The number of anilines is 1. The Morgan fingerprint density at radius 2 is 2.07 bits per heavy atom. The number of carboxylic acid groups (broad SMARTS) is 1. The number of fused-ring (bicyclic) bond motifs is 2. The van der Waals surface area contributed by atoms with Crippen LogP contribution in [0.3, 0.4) is 0 Å². The van der Waals surface area contributed by atoms with Gasteiger partial charge in [0.2, 0.25) is 5.91 Å². The van der Waals surface area contributed by atoms with Gasteiger partial charge >= 0.3 is 5.97 Å². The number of nitrogens with zero attached hydrogens (tertiary/aromatic N) is 3. The van der Waals surface area contributed by atoms with Gasteiger partial charge in [0, 0.05) is 23.7 Å². The third kappa shape index (κ3) is 6.17. The molecule has 2 amide bonds. The van der Waals surface area contributed by atoms with Gasteiger partial charge in [-0.3, -0.25) is 19.2 Å². The highest BCUT2D eigenvalue weighted by Crippen LogP contribution is 2.44. The second kappa shape index (κ2) is 12.4. The quantitative estimate of drug-likeness (QED) is 0.126. The van der Waals surface area contributed by atoms with E-state index in [2.05, 4.69) is 15.5 Å². The van der Waals surface area contributed by atoms with Crippen LogP contribution in [0.25, 0.3) is 9.40 Å². The molecule has 3 atom stereocenters. The Morgan fingerprint density at radius 3 is 2.79 bits per heavy atom. The monoisotopic (exact) mass is 697 g/mol. The standard InChI is InChI=1S/C26H24ClN5O6S5/c27-16-7-13-15(33)8-17(43-23(13)42-16)39-6-5-26(24(36)37)10-32-21(35)19(22(32)41-11-26)30-20(34)18(14-9-40-25(28)29-14)31-38-12-3-1-2-4-12/h5-9,12,19,22H,1-4,10-11H2,(H2,28,29)(H,30,34)(H,36,37)/t19?,22-,26?/m1/s1. The first-order valence-electron chi connectivity index (χ1n) is 13.1. The van der Waals surface area contributed by atoms with Gasteiger partial charge in [-0.1, -0.05) is 34.6 Å². The van der Waals surface area contributed by atoms with E-state index in [1.807, 2.05) is 0 Å². The first-order chi connectivity index (χ1) is 20.6. The molecule has 6 rings (SSSR count). The average Bonchev–Trinajstić information content (AvgIpc) is 3.73. The number of halogens is 1. The number of carboxylic acids is 1. The first kappa shape index (κ1) is 30.4. The number of nitrogens with two attached hydrogens (primary N) is 1. The Labute approximate surface area is 270 Å². The summed E-state index contributed by atoms with van der Waals surface area (Å²) in [5.74, 6) is -1.88. The number of carbonyl (C=O) groups is 3. The van der Waals surface area contributed by atoms with Crippen LogP contribution in [0.5, 0.6) is 0 Å². The maximum atomic E-state index is 13.3. The molecule has 3 aliphatic rings. The van der Waals surface area contributed by atoms with Gasteiger partial charge in [0.1, 0.15) is 28.6 Å². The van der Waals surface area contributed by atoms with Crippen molar-refractivity contribution in [2.45, 2.75) is 47.4 Å². The molecule has 1 saturated carbocycles. The highest BCUT2D eigenvalue weighted by molar-refractivity contribution is 8.04. The van der Waals surface area contributed by atoms with Gasteiger partial charge in [-0.2, -0.15) is 0 Å². The molecule has 3 aromatic rings. The average molecular weight is 698 g/mol. The lowest BCUT2D eigenvalue weighted by molar-refractivity contribution is -0.156. The molecule has 0 spiro atoms. The van der Waals surface area contributed by atoms with Crippen LogP contribution in [0.2, 0.25) is 4.34 Å². The highest BCUT2D eigenvalue weighted by Gasteiger charge is 2.57. The molecule has 2 saturated heterocycles. The summed E-state index contributed by atoms with van der Waals surface area (Å²) >= 11 is 12.5. The fourth-order valence-corrected chi connectivity index (χ4v) is 10.9. The molecule has 2 unspecified atom stereocenters. The van der Waals surface area contributed by atoms with Crippen LogP contribution in [-0.2, 0) is 19.2 Å². The predicted molar refractivity (Wildman–Crippen MR) is 172 cm³/mol. The molecule has 1 aliphatic carbocycles. The molecule has 226 valence electrons. The van der Waals surface area contributed by atoms with Crippen molar-refractivity contribution in [3.8, 4) is 0 Å². The summed E-state index contributed by atoms with van der Waals surface area (Å²) in [6.07, 6.45) is 5.26. The van der Waals surface area contributed by atoms with Gasteiger partial charge in [-0.15, -0.1) is 45.8 Å². The van der Waals surface area contributed by atoms with Gasteiger partial charge in [0.25, 0.3) is 5.91 Å². The van der Waals surface area contributed by atoms with E-state index >= 15 is 0 Å². The molecule has 5 heterocycles. The number of thioether (sulfide) groups is 2. The Bertz CT molecular complexity index is 1720. The van der Waals surface area contributed by atoms with Crippen LogP contribution in [0.4, 0.5) is 5.13 Å². The number of amides is 2. The molecule has 3 fully saturated rings. The second-order valence-electron chi connectivity index (χ2n) is 10.2. The van der Waals surface area contributed by atoms with Crippen molar-refractivity contribution in [2.24, 2.45) is 10.6 Å². The summed E-state index contributed by atoms with van der Waals surface area (Å²) in [6, 6.07) is 2.30. The summed E-state index contributed by atoms with van der Waals surface area (Å²) in [5.41, 5.74) is 4.50. The SMILES string of the molecule is Nc1nc(C(=NOC2CCCC2)C(=O)NC2C(=O)N3CC(C=CSc4cc(=O)c5cc(Cl)sc5s4)(C(=O)O)CS[C@H]23)cs1. The number of aromatic nitrogens is 1. The zero-order valence-corrected chi connectivity index (χ0v) is 27.0. The molecule has 3 aromatic heterocycles. The van der Waals surface area contributed by atoms with Crippen molar-refractivity contribution in [3.63, 3.8) is 0 Å². The molecule has 17 heteroatoms. The molecule has 11 nitrogen and oxygen atoms in total. The van der Waals surface area contributed by atoms with Gasteiger partial charge in [0.05, 0.1) is 17.9 Å². The number of carbonyl (C=O) groups excluding carboxylic acids is 2. The number of β-lactam (4-membered cyclic amide) rings is 1. The Morgan fingerprint density at radius 1 is 1.28 bits per heavy atom. The predicted octanol–water partition coefficient (Wildman–Crippen LogP) is 4.46. The minimum absolute atomic E-state index is 0.0492. The number of hydrogen-bond acceptors (Lipinski definition) is 13. The molecular formula is C26H24ClN5O6S5. The third-order valence-corrected chi connectivity index (χ3v) is 13.0. The number of hydrogen-bond donors (Lipinski definition) is 3. The van der Waals surface area contributed by atoms with Crippen LogP contribution < -0.4 is 16.5 Å². The summed E-state index contributed by atoms with van der Waals surface area (Å²) in [4.78, 5) is 62.6. The zero-order chi connectivity index (χ0) is 30.3. The van der Waals surface area contributed by atoms with E-state index < -0.39 is 28.7 Å². The maximum absolute atomic E-state index is 13.3. The number of rotatable bonds is 9. The van der Waals surface area contributed by atoms with E-state index in [4.69, 9.17) is 22.2 Å². The van der Waals surface area contributed by atoms with Crippen LogP contribution in [0.1, 0.15) is 31.4 Å². The van der Waals surface area contributed by atoms with Crippen molar-refractivity contribution in [2.75, 3.05) is 18.0 Å². The smallest absolute Gasteiger partial charge is 0.316 e. The normalized spacial score (nSPS) is 24.3. The molecule has 0 bridgehead atoms. The molecular weight excluding hydrogens is 674 g/mol. The number of nitrogens with one attached hydrogen (secondary N) is 1. The number of nitrogen functional groups attached to an aromatic ring is 1. The van der Waals surface area contributed by atoms with Crippen molar-refractivity contribution >= 4 is 107 Å².